The number of methoxy groups -OCH3 is 1. The minimum Gasteiger partial charge on any atom is -0.469 e. The van der Waals surface area contributed by atoms with Crippen LogP contribution in [0, 0.1) is 5.92 Å². The Morgan fingerprint density at radius 2 is 2.22 bits per heavy atom. The van der Waals surface area contributed by atoms with Crippen LogP contribution in [0.4, 0.5) is 0 Å². The van der Waals surface area contributed by atoms with E-state index in [0.29, 0.717) is 25.1 Å². The molecular weight excluding hydrogens is 368 g/mol. The van der Waals surface area contributed by atoms with Gasteiger partial charge in [0.25, 0.3) is 0 Å². The summed E-state index contributed by atoms with van der Waals surface area (Å²) in [7, 11) is 1.37. The van der Waals surface area contributed by atoms with Gasteiger partial charge < -0.3 is 14.5 Å². The SMILES string of the molecule is CC[C@H]1[C@@H](C(=O)OC)C[C@H]2CN(C(=O)Cc3cn4ccsc4n3)CC(=O)N21. The van der Waals surface area contributed by atoms with Crippen LogP contribution in [0.15, 0.2) is 17.8 Å². The number of rotatable bonds is 4. The zero-order chi connectivity index (χ0) is 19.1. The van der Waals surface area contributed by atoms with E-state index in [9.17, 15) is 14.4 Å². The Morgan fingerprint density at radius 1 is 1.41 bits per heavy atom. The number of amides is 2. The van der Waals surface area contributed by atoms with Crippen LogP contribution in [0.2, 0.25) is 0 Å². The third kappa shape index (κ3) is 3.09. The molecular formula is C18H22N4O4S. The molecule has 2 aliphatic heterocycles. The molecule has 0 spiro atoms. The number of nitrogens with zero attached hydrogens (tertiary/aromatic N) is 4. The number of piperazine rings is 1. The maximum atomic E-state index is 12.7. The molecule has 0 aliphatic carbocycles. The van der Waals surface area contributed by atoms with Gasteiger partial charge in [-0.05, 0) is 12.8 Å². The zero-order valence-corrected chi connectivity index (χ0v) is 16.1. The average Bonchev–Trinajstić information content (AvgIpc) is 3.33. The number of hydrogen-bond donors (Lipinski definition) is 0. The fourth-order valence-corrected chi connectivity index (χ4v) is 5.07. The van der Waals surface area contributed by atoms with Crippen molar-refractivity contribution < 1.29 is 19.1 Å². The number of ether oxygens (including phenoxy) is 1. The molecule has 0 saturated carbocycles. The minimum atomic E-state index is -0.316. The largest absolute Gasteiger partial charge is 0.469 e. The van der Waals surface area contributed by atoms with Gasteiger partial charge in [0.05, 0.1) is 37.7 Å². The molecule has 0 aromatic carbocycles. The Kier molecular flexibility index (Phi) is 4.63. The average molecular weight is 390 g/mol. The van der Waals surface area contributed by atoms with E-state index in [2.05, 4.69) is 4.98 Å². The van der Waals surface area contributed by atoms with E-state index in [1.54, 1.807) is 9.80 Å². The number of carbonyl (C=O) groups is 3. The predicted molar refractivity (Wildman–Crippen MR) is 98.2 cm³/mol. The first kappa shape index (κ1) is 18.0. The second-order valence-electron chi connectivity index (χ2n) is 7.07. The summed E-state index contributed by atoms with van der Waals surface area (Å²) in [6.45, 7) is 2.48. The molecule has 2 aliphatic rings. The topological polar surface area (TPSA) is 84.2 Å². The molecule has 144 valence electrons. The van der Waals surface area contributed by atoms with E-state index in [1.807, 2.05) is 29.1 Å². The summed E-state index contributed by atoms with van der Waals surface area (Å²) in [6.07, 6.45) is 5.16. The molecule has 8 nitrogen and oxygen atoms in total. The van der Waals surface area contributed by atoms with Crippen molar-refractivity contribution in [2.24, 2.45) is 5.92 Å². The highest BCUT2D eigenvalue weighted by Gasteiger charge is 2.49. The van der Waals surface area contributed by atoms with Crippen LogP contribution in [0.3, 0.4) is 0 Å². The van der Waals surface area contributed by atoms with Crippen molar-refractivity contribution in [2.75, 3.05) is 20.2 Å². The number of fused-ring (bicyclic) bond motifs is 2. The van der Waals surface area contributed by atoms with Gasteiger partial charge in [0.2, 0.25) is 11.8 Å². The summed E-state index contributed by atoms with van der Waals surface area (Å²) < 4.78 is 6.80. The molecule has 0 radical (unpaired) electrons. The lowest BCUT2D eigenvalue weighted by atomic mass is 9.97. The van der Waals surface area contributed by atoms with Crippen LogP contribution in [0.5, 0.6) is 0 Å². The number of imidazole rings is 1. The van der Waals surface area contributed by atoms with Gasteiger partial charge in [0, 0.05) is 30.4 Å². The van der Waals surface area contributed by atoms with Gasteiger partial charge in [-0.2, -0.15) is 0 Å². The second kappa shape index (κ2) is 6.95. The maximum Gasteiger partial charge on any atom is 0.310 e. The highest BCUT2D eigenvalue weighted by molar-refractivity contribution is 7.15. The summed E-state index contributed by atoms with van der Waals surface area (Å²) in [5, 5.41) is 1.94. The highest BCUT2D eigenvalue weighted by Crippen LogP contribution is 2.35. The van der Waals surface area contributed by atoms with Crippen molar-refractivity contribution in [1.29, 1.82) is 0 Å². The van der Waals surface area contributed by atoms with Gasteiger partial charge in [-0.25, -0.2) is 4.98 Å². The molecule has 2 amide bonds. The molecule has 0 bridgehead atoms. The maximum absolute atomic E-state index is 12.7. The Bertz CT molecular complexity index is 862. The lowest BCUT2D eigenvalue weighted by molar-refractivity contribution is -0.150. The van der Waals surface area contributed by atoms with Crippen molar-refractivity contribution in [2.45, 2.75) is 38.3 Å². The third-order valence-corrected chi connectivity index (χ3v) is 6.31. The molecule has 2 saturated heterocycles. The predicted octanol–water partition coefficient (Wildman–Crippen LogP) is 0.949. The zero-order valence-electron chi connectivity index (χ0n) is 15.3. The molecule has 4 rings (SSSR count). The van der Waals surface area contributed by atoms with Crippen molar-refractivity contribution in [1.82, 2.24) is 19.2 Å². The second-order valence-corrected chi connectivity index (χ2v) is 7.94. The van der Waals surface area contributed by atoms with Crippen LogP contribution in [0.1, 0.15) is 25.5 Å². The van der Waals surface area contributed by atoms with Crippen LogP contribution in [-0.2, 0) is 25.5 Å². The quantitative estimate of drug-likeness (QED) is 0.726. The molecule has 3 atom stereocenters. The number of hydrogen-bond acceptors (Lipinski definition) is 6. The summed E-state index contributed by atoms with van der Waals surface area (Å²) in [6, 6.07) is -0.276. The smallest absolute Gasteiger partial charge is 0.310 e. The standard InChI is InChI=1S/C18H22N4O4S/c1-3-14-13(17(25)26-2)7-12-9-21(10-16(24)22(12)14)15(23)6-11-8-20-4-5-27-18(20)19-11/h4-5,8,12-14H,3,6-7,9-10H2,1-2H3/t12-,13-,14-/m0/s1. The van der Waals surface area contributed by atoms with Crippen LogP contribution in [0.25, 0.3) is 4.96 Å². The van der Waals surface area contributed by atoms with Gasteiger partial charge >= 0.3 is 5.97 Å². The van der Waals surface area contributed by atoms with Crippen molar-refractivity contribution in [3.8, 4) is 0 Å². The van der Waals surface area contributed by atoms with Gasteiger partial charge in [0.1, 0.15) is 0 Å². The van der Waals surface area contributed by atoms with Crippen LogP contribution < -0.4 is 0 Å². The molecule has 4 heterocycles. The Balaban J connectivity index is 1.47. The van der Waals surface area contributed by atoms with Gasteiger partial charge in [-0.1, -0.05) is 6.92 Å². The first-order chi connectivity index (χ1) is 13.0. The molecule has 2 aromatic heterocycles. The van der Waals surface area contributed by atoms with E-state index >= 15 is 0 Å². The van der Waals surface area contributed by atoms with Crippen molar-refractivity contribution in [3.05, 3.63) is 23.5 Å². The normalized spacial score (nSPS) is 25.1. The van der Waals surface area contributed by atoms with E-state index in [4.69, 9.17) is 4.74 Å². The van der Waals surface area contributed by atoms with Crippen molar-refractivity contribution in [3.63, 3.8) is 0 Å². The Hall–Kier alpha value is -2.42. The molecule has 0 unspecified atom stereocenters. The van der Waals surface area contributed by atoms with Gasteiger partial charge in [0.15, 0.2) is 4.96 Å². The van der Waals surface area contributed by atoms with Gasteiger partial charge in [-0.3, -0.25) is 18.8 Å². The van der Waals surface area contributed by atoms with Crippen molar-refractivity contribution >= 4 is 34.1 Å². The molecule has 0 N–H and O–H groups in total. The Labute approximate surface area is 160 Å². The lowest BCUT2D eigenvalue weighted by Gasteiger charge is -2.39. The first-order valence-corrected chi connectivity index (χ1v) is 9.97. The monoisotopic (exact) mass is 390 g/mol. The summed E-state index contributed by atoms with van der Waals surface area (Å²) >= 11 is 1.51. The molecule has 27 heavy (non-hydrogen) atoms. The summed E-state index contributed by atoms with van der Waals surface area (Å²) in [5.74, 6) is -0.795. The number of thiazole rings is 1. The molecule has 2 fully saturated rings. The summed E-state index contributed by atoms with van der Waals surface area (Å²) in [4.78, 5) is 46.3. The van der Waals surface area contributed by atoms with E-state index in [-0.39, 0.29) is 48.8 Å². The first-order valence-electron chi connectivity index (χ1n) is 9.09. The van der Waals surface area contributed by atoms with Crippen LogP contribution >= 0.6 is 11.3 Å². The fourth-order valence-electron chi connectivity index (χ4n) is 4.35. The molecule has 9 heteroatoms. The summed E-state index contributed by atoms with van der Waals surface area (Å²) in [5.41, 5.74) is 0.701. The minimum absolute atomic E-state index is 0.0575. The highest BCUT2D eigenvalue weighted by atomic mass is 32.1. The van der Waals surface area contributed by atoms with E-state index < -0.39 is 0 Å². The number of carbonyl (C=O) groups excluding carboxylic acids is 3. The van der Waals surface area contributed by atoms with E-state index in [0.717, 1.165) is 4.96 Å². The number of aromatic nitrogens is 2. The third-order valence-electron chi connectivity index (χ3n) is 5.54. The van der Waals surface area contributed by atoms with Crippen LogP contribution in [-0.4, -0.2) is 69.3 Å². The van der Waals surface area contributed by atoms with E-state index in [1.165, 1.54) is 18.4 Å². The fraction of sp³-hybridized carbons (Fsp3) is 0.556. The van der Waals surface area contributed by atoms with Gasteiger partial charge in [-0.15, -0.1) is 11.3 Å². The number of esters is 1. The molecule has 2 aromatic rings. The lowest BCUT2D eigenvalue weighted by Crippen LogP contribution is -2.57. The Morgan fingerprint density at radius 3 is 2.93 bits per heavy atom.